The largest absolute Gasteiger partial charge is 0.668 e. The van der Waals surface area contributed by atoms with Gasteiger partial charge >= 0.3 is 7.82 Å². The van der Waals surface area contributed by atoms with Gasteiger partial charge in [-0.05, 0) is 47.6 Å². The van der Waals surface area contributed by atoms with Gasteiger partial charge in [0.25, 0.3) is 0 Å². The number of ether oxygens (including phenoxy) is 1. The molecule has 8 heteroatoms. The van der Waals surface area contributed by atoms with Crippen molar-refractivity contribution in [3.8, 4) is 17.6 Å². The van der Waals surface area contributed by atoms with E-state index in [4.69, 9.17) is 18.4 Å². The highest BCUT2D eigenvalue weighted by molar-refractivity contribution is 7.49. The van der Waals surface area contributed by atoms with Crippen LogP contribution in [0.25, 0.3) is 5.57 Å². The number of hydrogen-bond acceptors (Lipinski definition) is 7. The third-order valence-electron chi connectivity index (χ3n) is 4.80. The molecule has 4 rings (SSSR count). The van der Waals surface area contributed by atoms with Gasteiger partial charge in [-0.15, -0.1) is 0 Å². The van der Waals surface area contributed by atoms with E-state index in [9.17, 15) is 9.83 Å². The molecule has 1 aliphatic rings. The number of allylic oxidation sites excluding steroid dienone is 5. The van der Waals surface area contributed by atoms with Crippen LogP contribution in [0.15, 0.2) is 126 Å². The fraction of sp³-hybridized carbons (Fsp3) is 0.0370. The van der Waals surface area contributed by atoms with Crippen LogP contribution >= 0.6 is 7.82 Å². The van der Waals surface area contributed by atoms with E-state index in [1.165, 1.54) is 7.11 Å². The minimum Gasteiger partial charge on any atom is -0.494 e. The third kappa shape index (κ3) is 6.08. The van der Waals surface area contributed by atoms with Crippen molar-refractivity contribution in [2.45, 2.75) is 0 Å². The molecule has 1 aliphatic carbocycles. The Morgan fingerprint density at radius 3 is 1.89 bits per heavy atom. The first kappa shape index (κ1) is 23.6. The Labute approximate surface area is 203 Å². The van der Waals surface area contributed by atoms with Gasteiger partial charge in [0.1, 0.15) is 29.0 Å². The smallest absolute Gasteiger partial charge is 0.494 e. The highest BCUT2D eigenvalue weighted by Gasteiger charge is 2.34. The second-order valence-corrected chi connectivity index (χ2v) is 8.59. The number of phosphoric ester groups is 1. The Morgan fingerprint density at radius 1 is 0.829 bits per heavy atom. The van der Waals surface area contributed by atoms with E-state index in [-0.39, 0.29) is 5.71 Å². The third-order valence-corrected chi connectivity index (χ3v) is 5.95. The number of benzene rings is 3. The molecule has 0 atom stereocenters. The molecule has 0 bridgehead atoms. The van der Waals surface area contributed by atoms with Crippen molar-refractivity contribution < 1.29 is 23.0 Å². The first-order valence-corrected chi connectivity index (χ1v) is 12.1. The van der Waals surface area contributed by atoms with E-state index in [1.54, 1.807) is 78.9 Å². The molecule has 0 heterocycles. The molecule has 7 nitrogen and oxygen atoms in total. The molecule has 0 spiro atoms. The van der Waals surface area contributed by atoms with Gasteiger partial charge in [-0.1, -0.05) is 78.0 Å². The molecule has 0 radical (unpaired) electrons. The van der Waals surface area contributed by atoms with Crippen LogP contribution in [0.1, 0.15) is 5.56 Å². The molecule has 0 aromatic heterocycles. The van der Waals surface area contributed by atoms with Crippen molar-refractivity contribution in [3.63, 3.8) is 0 Å². The minimum atomic E-state index is -4.22. The molecule has 0 saturated heterocycles. The molecule has 0 unspecified atom stereocenters. The highest BCUT2D eigenvalue weighted by atomic mass is 31.2. The lowest BCUT2D eigenvalue weighted by atomic mass is 9.97. The molecule has 0 N–H and O–H groups in total. The average Bonchev–Trinajstić information content (AvgIpc) is 2.90. The topological polar surface area (TPSA) is 90.1 Å². The normalized spacial score (nSPS) is 15.5. The zero-order valence-electron chi connectivity index (χ0n) is 18.8. The van der Waals surface area contributed by atoms with Crippen LogP contribution < -0.4 is 9.05 Å². The van der Waals surface area contributed by atoms with Gasteiger partial charge in [-0.3, -0.25) is 4.62 Å². The van der Waals surface area contributed by atoms with Gasteiger partial charge in [0.15, 0.2) is 0 Å². The van der Waals surface area contributed by atoms with Crippen LogP contribution in [0.4, 0.5) is 0 Å². The predicted molar refractivity (Wildman–Crippen MR) is 133 cm³/mol. The summed E-state index contributed by atoms with van der Waals surface area (Å²) in [6.07, 6.45) is 4.97. The highest BCUT2D eigenvalue weighted by Crippen LogP contribution is 2.50. The van der Waals surface area contributed by atoms with Crippen molar-refractivity contribution in [2.75, 3.05) is 7.11 Å². The number of oxime groups is 1. The van der Waals surface area contributed by atoms with Crippen LogP contribution in [0.3, 0.4) is 0 Å². The molecule has 3 aromatic rings. The lowest BCUT2D eigenvalue weighted by Gasteiger charge is -2.17. The summed E-state index contributed by atoms with van der Waals surface area (Å²) in [6, 6.07) is 28.6. The number of rotatable bonds is 8. The van der Waals surface area contributed by atoms with Gasteiger partial charge in [-0.2, -0.15) is 9.83 Å². The maximum Gasteiger partial charge on any atom is 0.668 e. The van der Waals surface area contributed by atoms with E-state index in [0.29, 0.717) is 28.4 Å². The van der Waals surface area contributed by atoms with Gasteiger partial charge in [0.2, 0.25) is 0 Å². The number of methoxy groups -OCH3 is 1. The molecule has 174 valence electrons. The van der Waals surface area contributed by atoms with Crippen molar-refractivity contribution in [1.29, 1.82) is 5.26 Å². The first-order valence-electron chi connectivity index (χ1n) is 10.6. The zero-order valence-corrected chi connectivity index (χ0v) is 19.7. The first-order chi connectivity index (χ1) is 17.1. The Bertz CT molecular complexity index is 1330. The maximum absolute atomic E-state index is 13.5. The molecule has 35 heavy (non-hydrogen) atoms. The van der Waals surface area contributed by atoms with Gasteiger partial charge in [-0.25, -0.2) is 0 Å². The fourth-order valence-electron chi connectivity index (χ4n) is 3.18. The van der Waals surface area contributed by atoms with Crippen LogP contribution in [-0.4, -0.2) is 12.8 Å². The molecular formula is C27H21N2O5P. The minimum absolute atomic E-state index is 0.246. The van der Waals surface area contributed by atoms with Crippen LogP contribution in [0.2, 0.25) is 0 Å². The van der Waals surface area contributed by atoms with Crippen molar-refractivity contribution in [1.82, 2.24) is 0 Å². The van der Waals surface area contributed by atoms with Gasteiger partial charge in [0, 0.05) is 0 Å². The summed E-state index contributed by atoms with van der Waals surface area (Å²) in [5.41, 5.74) is 2.13. The summed E-state index contributed by atoms with van der Waals surface area (Å²) in [7, 11) is -2.76. The van der Waals surface area contributed by atoms with Crippen LogP contribution in [0, 0.1) is 11.3 Å². The molecule has 0 fully saturated rings. The standard InChI is InChI=1S/C27H21N2O5P/c1-31-27-19-22(25(20-28)21-11-5-2-6-12-21)17-18-26(27)29-34-35(30,32-23-13-7-3-8-14-23)33-24-15-9-4-10-16-24/h2-19H,1H3. The SMILES string of the molecule is COC1=CC(=C(C#N)c2ccccc2)C=CC1=NOP(=O)(Oc1ccccc1)Oc1ccccc1. The zero-order chi connectivity index (χ0) is 24.5. The summed E-state index contributed by atoms with van der Waals surface area (Å²) in [6.45, 7) is 0. The lowest BCUT2D eigenvalue weighted by molar-refractivity contribution is 0.216. The summed E-state index contributed by atoms with van der Waals surface area (Å²) in [5, 5.41) is 13.7. The fourth-order valence-corrected chi connectivity index (χ4v) is 4.23. The number of para-hydroxylation sites is 2. The Kier molecular flexibility index (Phi) is 7.47. The maximum atomic E-state index is 13.5. The summed E-state index contributed by atoms with van der Waals surface area (Å²) in [5.74, 6) is 0.901. The van der Waals surface area contributed by atoms with E-state index in [0.717, 1.165) is 5.56 Å². The van der Waals surface area contributed by atoms with Crippen molar-refractivity contribution >= 4 is 19.1 Å². The summed E-state index contributed by atoms with van der Waals surface area (Å²) in [4.78, 5) is 0. The Morgan fingerprint density at radius 2 is 1.37 bits per heavy atom. The lowest BCUT2D eigenvalue weighted by Crippen LogP contribution is -2.09. The van der Waals surface area contributed by atoms with Gasteiger partial charge in [0.05, 0.1) is 12.7 Å². The average molecular weight is 484 g/mol. The van der Waals surface area contributed by atoms with Crippen LogP contribution in [0.5, 0.6) is 11.5 Å². The molecule has 0 amide bonds. The number of hydrogen-bond donors (Lipinski definition) is 0. The second-order valence-electron chi connectivity index (χ2n) is 7.17. The second kappa shape index (κ2) is 11.1. The summed E-state index contributed by atoms with van der Waals surface area (Å²) >= 11 is 0. The molecule has 0 saturated carbocycles. The van der Waals surface area contributed by atoms with E-state index in [1.807, 2.05) is 30.3 Å². The molecular weight excluding hydrogens is 463 g/mol. The molecule has 0 aliphatic heterocycles. The van der Waals surface area contributed by atoms with Crippen molar-refractivity contribution in [3.05, 3.63) is 126 Å². The van der Waals surface area contributed by atoms with E-state index >= 15 is 0 Å². The van der Waals surface area contributed by atoms with Crippen LogP contribution in [-0.2, 0) is 13.9 Å². The van der Waals surface area contributed by atoms with E-state index < -0.39 is 7.82 Å². The number of nitrogens with zero attached hydrogens (tertiary/aromatic N) is 2. The predicted octanol–water partition coefficient (Wildman–Crippen LogP) is 6.70. The monoisotopic (exact) mass is 484 g/mol. The number of nitriles is 1. The van der Waals surface area contributed by atoms with Crippen molar-refractivity contribution in [2.24, 2.45) is 5.16 Å². The number of phosphoric acid groups is 1. The quantitative estimate of drug-likeness (QED) is 0.201. The summed E-state index contributed by atoms with van der Waals surface area (Å²) < 4.78 is 35.4. The Balaban J connectivity index is 1.63. The Hall–Kier alpha value is -4.53. The van der Waals surface area contributed by atoms with E-state index in [2.05, 4.69) is 11.2 Å². The van der Waals surface area contributed by atoms with Gasteiger partial charge < -0.3 is 13.8 Å². The molecule has 3 aromatic carbocycles.